The number of nitrogens with zero attached hydrogens (tertiary/aromatic N) is 3. The van der Waals surface area contributed by atoms with E-state index in [1.54, 1.807) is 11.0 Å². The smallest absolute Gasteiger partial charge is 0.414 e. The molecule has 0 radical (unpaired) electrons. The lowest BCUT2D eigenvalue weighted by Gasteiger charge is -2.15. The molecule has 164 valence electrons. The van der Waals surface area contributed by atoms with Gasteiger partial charge in [0.15, 0.2) is 5.76 Å². The summed E-state index contributed by atoms with van der Waals surface area (Å²) in [6.45, 7) is 2.07. The van der Waals surface area contributed by atoms with Gasteiger partial charge in [-0.1, -0.05) is 5.16 Å². The van der Waals surface area contributed by atoms with E-state index in [2.05, 4.69) is 15.5 Å². The molecule has 0 bridgehead atoms. The van der Waals surface area contributed by atoms with Gasteiger partial charge in [0.05, 0.1) is 13.1 Å². The maximum Gasteiger partial charge on any atom is 0.414 e. The van der Waals surface area contributed by atoms with Crippen molar-refractivity contribution in [3.8, 4) is 22.6 Å². The maximum atomic E-state index is 13.6. The second-order valence-electron chi connectivity index (χ2n) is 7.95. The number of halogens is 1. The Labute approximate surface area is 183 Å². The largest absolute Gasteiger partial charge is 0.442 e. The summed E-state index contributed by atoms with van der Waals surface area (Å²) in [5.41, 5.74) is 4.89. The first-order chi connectivity index (χ1) is 15.5. The van der Waals surface area contributed by atoms with E-state index in [-0.39, 0.29) is 12.5 Å². The summed E-state index contributed by atoms with van der Waals surface area (Å²) in [6, 6.07) is 8.81. The molecule has 8 nitrogen and oxygen atoms in total. The van der Waals surface area contributed by atoms with Crippen molar-refractivity contribution < 1.29 is 23.2 Å². The zero-order valence-electron chi connectivity index (χ0n) is 17.4. The minimum absolute atomic E-state index is 0.165. The van der Waals surface area contributed by atoms with Crippen LogP contribution in [0.2, 0.25) is 0 Å². The first-order valence-electron chi connectivity index (χ1n) is 10.5. The van der Waals surface area contributed by atoms with Gasteiger partial charge in [-0.15, -0.1) is 0 Å². The molecule has 5 rings (SSSR count). The van der Waals surface area contributed by atoms with Gasteiger partial charge in [0.25, 0.3) is 0 Å². The molecule has 0 saturated carbocycles. The number of amides is 2. The SMILES string of the molecule is CC(=O)NCC1CN(c2ccc3c(c2)CCCc2c(-c4ccnc(F)c4)noc2-3)C(=O)O1. The van der Waals surface area contributed by atoms with Crippen molar-refractivity contribution in [3.05, 3.63) is 53.6 Å². The van der Waals surface area contributed by atoms with Crippen LogP contribution in [0.25, 0.3) is 22.6 Å². The molecule has 1 atom stereocenters. The molecule has 1 aromatic carbocycles. The molecule has 3 aromatic rings. The normalized spacial score (nSPS) is 17.4. The highest BCUT2D eigenvalue weighted by molar-refractivity contribution is 5.90. The highest BCUT2D eigenvalue weighted by Gasteiger charge is 2.33. The van der Waals surface area contributed by atoms with E-state index in [0.717, 1.165) is 41.6 Å². The van der Waals surface area contributed by atoms with Gasteiger partial charge in [-0.2, -0.15) is 4.39 Å². The van der Waals surface area contributed by atoms with Gasteiger partial charge in [0.2, 0.25) is 11.9 Å². The Morgan fingerprint density at radius 2 is 2.16 bits per heavy atom. The number of carbonyl (C=O) groups excluding carboxylic acids is 2. The van der Waals surface area contributed by atoms with Crippen LogP contribution < -0.4 is 10.2 Å². The quantitative estimate of drug-likeness (QED) is 0.629. The molecule has 2 amide bonds. The van der Waals surface area contributed by atoms with E-state index < -0.39 is 18.1 Å². The Morgan fingerprint density at radius 1 is 1.28 bits per heavy atom. The summed E-state index contributed by atoms with van der Waals surface area (Å²) < 4.78 is 24.7. The maximum absolute atomic E-state index is 13.6. The summed E-state index contributed by atoms with van der Waals surface area (Å²) in [6.07, 6.45) is 2.99. The second-order valence-corrected chi connectivity index (χ2v) is 7.95. The number of aromatic nitrogens is 2. The van der Waals surface area contributed by atoms with E-state index in [1.807, 2.05) is 18.2 Å². The standard InChI is InChI=1S/C23H21FN4O4/c1-13(29)26-11-17-12-28(23(30)31-17)16-5-6-18-14(9-16)3-2-4-19-21(27-32-22(18)19)15-7-8-25-20(24)10-15/h5-10,17H,2-4,11-12H2,1H3,(H,26,29). The van der Waals surface area contributed by atoms with Gasteiger partial charge in [-0.3, -0.25) is 9.69 Å². The van der Waals surface area contributed by atoms with E-state index in [9.17, 15) is 14.0 Å². The molecule has 1 unspecified atom stereocenters. The summed E-state index contributed by atoms with van der Waals surface area (Å²) in [4.78, 5) is 28.7. The molecule has 1 fully saturated rings. The molecule has 32 heavy (non-hydrogen) atoms. The minimum atomic E-state index is -0.563. The Morgan fingerprint density at radius 3 is 2.97 bits per heavy atom. The van der Waals surface area contributed by atoms with Crippen molar-refractivity contribution >= 4 is 17.7 Å². The number of fused-ring (bicyclic) bond motifs is 3. The molecule has 1 N–H and O–H groups in total. The molecule has 9 heteroatoms. The van der Waals surface area contributed by atoms with Gasteiger partial charge in [-0.25, -0.2) is 9.78 Å². The van der Waals surface area contributed by atoms with E-state index >= 15 is 0 Å². The molecular formula is C23H21FN4O4. The number of ether oxygens (including phenoxy) is 1. The zero-order valence-corrected chi connectivity index (χ0v) is 17.4. The lowest BCUT2D eigenvalue weighted by atomic mass is 10.00. The van der Waals surface area contributed by atoms with Crippen LogP contribution in [0.5, 0.6) is 0 Å². The number of pyridine rings is 1. The number of rotatable bonds is 4. The molecule has 2 aromatic heterocycles. The van der Waals surface area contributed by atoms with Gasteiger partial charge in [-0.05, 0) is 49.1 Å². The van der Waals surface area contributed by atoms with Crippen LogP contribution in [0.3, 0.4) is 0 Å². The number of hydrogen-bond acceptors (Lipinski definition) is 6. The number of cyclic esters (lactones) is 1. The number of anilines is 1. The minimum Gasteiger partial charge on any atom is -0.442 e. The van der Waals surface area contributed by atoms with Crippen LogP contribution in [-0.4, -0.2) is 41.3 Å². The average Bonchev–Trinajstić information content (AvgIpc) is 3.31. The van der Waals surface area contributed by atoms with Crippen molar-refractivity contribution in [3.63, 3.8) is 0 Å². The van der Waals surface area contributed by atoms with Crippen LogP contribution in [0.1, 0.15) is 24.5 Å². The fourth-order valence-corrected chi connectivity index (χ4v) is 4.26. The van der Waals surface area contributed by atoms with Crippen molar-refractivity contribution in [1.82, 2.24) is 15.5 Å². The third-order valence-corrected chi connectivity index (χ3v) is 5.76. The summed E-state index contributed by atoms with van der Waals surface area (Å²) in [7, 11) is 0. The number of nitrogens with one attached hydrogen (secondary N) is 1. The average molecular weight is 436 g/mol. The first-order valence-corrected chi connectivity index (χ1v) is 10.5. The second kappa shape index (κ2) is 8.07. The Bertz CT molecular complexity index is 1210. The number of hydrogen-bond donors (Lipinski definition) is 1. The zero-order chi connectivity index (χ0) is 22.2. The van der Waals surface area contributed by atoms with Crippen LogP contribution in [0.4, 0.5) is 14.9 Å². The highest BCUT2D eigenvalue weighted by Crippen LogP contribution is 2.39. The van der Waals surface area contributed by atoms with Crippen LogP contribution >= 0.6 is 0 Å². The molecule has 1 saturated heterocycles. The van der Waals surface area contributed by atoms with Gasteiger partial charge < -0.3 is 14.6 Å². The Balaban J connectivity index is 1.44. The fraction of sp³-hybridized carbons (Fsp3) is 0.304. The van der Waals surface area contributed by atoms with E-state index in [4.69, 9.17) is 9.26 Å². The third kappa shape index (κ3) is 3.70. The van der Waals surface area contributed by atoms with E-state index in [1.165, 1.54) is 19.2 Å². The van der Waals surface area contributed by atoms with Crippen molar-refractivity contribution in [1.29, 1.82) is 0 Å². The fourth-order valence-electron chi connectivity index (χ4n) is 4.26. The van der Waals surface area contributed by atoms with Gasteiger partial charge >= 0.3 is 6.09 Å². The lowest BCUT2D eigenvalue weighted by molar-refractivity contribution is -0.119. The van der Waals surface area contributed by atoms with Crippen molar-refractivity contribution in [2.24, 2.45) is 0 Å². The Kier molecular flexibility index (Phi) is 5.08. The predicted molar refractivity (Wildman–Crippen MR) is 113 cm³/mol. The highest BCUT2D eigenvalue weighted by atomic mass is 19.1. The molecule has 2 aliphatic rings. The van der Waals surface area contributed by atoms with Crippen LogP contribution in [0.15, 0.2) is 41.1 Å². The topological polar surface area (TPSA) is 97.6 Å². The number of benzene rings is 1. The first kappa shape index (κ1) is 20.2. The van der Waals surface area contributed by atoms with E-state index in [0.29, 0.717) is 23.6 Å². The molecule has 1 aliphatic heterocycles. The van der Waals surface area contributed by atoms with Crippen molar-refractivity contribution in [2.45, 2.75) is 32.3 Å². The van der Waals surface area contributed by atoms with Crippen LogP contribution in [-0.2, 0) is 22.4 Å². The van der Waals surface area contributed by atoms with Gasteiger partial charge in [0.1, 0.15) is 11.8 Å². The molecular weight excluding hydrogens is 415 g/mol. The van der Waals surface area contributed by atoms with Crippen LogP contribution in [0, 0.1) is 5.95 Å². The summed E-state index contributed by atoms with van der Waals surface area (Å²) >= 11 is 0. The molecule has 1 aliphatic carbocycles. The third-order valence-electron chi connectivity index (χ3n) is 5.76. The monoisotopic (exact) mass is 436 g/mol. The summed E-state index contributed by atoms with van der Waals surface area (Å²) in [5.74, 6) is -0.0581. The number of carbonyl (C=O) groups is 2. The lowest BCUT2D eigenvalue weighted by Crippen LogP contribution is -2.33. The number of aryl methyl sites for hydroxylation is 1. The van der Waals surface area contributed by atoms with Gasteiger partial charge in [0, 0.05) is 41.6 Å². The van der Waals surface area contributed by atoms with Crippen molar-refractivity contribution in [2.75, 3.05) is 18.0 Å². The molecule has 0 spiro atoms. The predicted octanol–water partition coefficient (Wildman–Crippen LogP) is 3.49. The molecule has 3 heterocycles. The summed E-state index contributed by atoms with van der Waals surface area (Å²) in [5, 5.41) is 6.90. The Hall–Kier alpha value is -3.75.